The highest BCUT2D eigenvalue weighted by atomic mass is 15.3. The highest BCUT2D eigenvalue weighted by Gasteiger charge is 2.44. The molecular weight excluding hydrogens is 158 g/mol. The zero-order valence-corrected chi connectivity index (χ0v) is 9.71. The van der Waals surface area contributed by atoms with Crippen molar-refractivity contribution in [3.05, 3.63) is 0 Å². The Kier molecular flexibility index (Phi) is 4.24. The van der Waals surface area contributed by atoms with Gasteiger partial charge in [-0.25, -0.2) is 0 Å². The summed E-state index contributed by atoms with van der Waals surface area (Å²) in [6.07, 6.45) is 5.59. The molecule has 1 rings (SSSR count). The summed E-state index contributed by atoms with van der Waals surface area (Å²) in [5.41, 5.74) is 0. The molecular formula is C12H25N. The first kappa shape index (κ1) is 11.0. The van der Waals surface area contributed by atoms with Gasteiger partial charge in [-0.15, -0.1) is 0 Å². The smallest absolute Gasteiger partial charge is 0.0275 e. The van der Waals surface area contributed by atoms with E-state index in [-0.39, 0.29) is 0 Å². The van der Waals surface area contributed by atoms with E-state index in [9.17, 15) is 0 Å². The molecule has 0 aromatic rings. The van der Waals surface area contributed by atoms with Crippen LogP contribution in [0.5, 0.6) is 0 Å². The first-order valence-corrected chi connectivity index (χ1v) is 5.94. The molecule has 1 saturated heterocycles. The summed E-state index contributed by atoms with van der Waals surface area (Å²) >= 11 is 0. The van der Waals surface area contributed by atoms with Crippen LogP contribution in [0.1, 0.15) is 53.4 Å². The lowest BCUT2D eigenvalue weighted by Gasteiger charge is -2.05. The van der Waals surface area contributed by atoms with E-state index < -0.39 is 0 Å². The van der Waals surface area contributed by atoms with Crippen LogP contribution >= 0.6 is 0 Å². The molecule has 0 aromatic heterocycles. The third kappa shape index (κ3) is 2.98. The van der Waals surface area contributed by atoms with Gasteiger partial charge in [0, 0.05) is 12.1 Å². The van der Waals surface area contributed by atoms with E-state index in [0.29, 0.717) is 0 Å². The maximum atomic E-state index is 2.65. The molecule has 1 heterocycles. The van der Waals surface area contributed by atoms with Gasteiger partial charge in [-0.2, -0.15) is 0 Å². The molecule has 0 bridgehead atoms. The number of rotatable bonds is 6. The van der Waals surface area contributed by atoms with Gasteiger partial charge < -0.3 is 0 Å². The summed E-state index contributed by atoms with van der Waals surface area (Å²) in [4.78, 5) is 2.65. The van der Waals surface area contributed by atoms with Crippen molar-refractivity contribution in [2.45, 2.75) is 65.5 Å². The van der Waals surface area contributed by atoms with Crippen molar-refractivity contribution >= 4 is 0 Å². The van der Waals surface area contributed by atoms with E-state index in [1.54, 1.807) is 0 Å². The van der Waals surface area contributed by atoms with Crippen LogP contribution in [0.2, 0.25) is 0 Å². The minimum Gasteiger partial charge on any atom is -0.294 e. The Bertz CT molecular complexity index is 142. The van der Waals surface area contributed by atoms with E-state index in [2.05, 4.69) is 32.6 Å². The predicted molar refractivity (Wildman–Crippen MR) is 58.9 cm³/mol. The van der Waals surface area contributed by atoms with Gasteiger partial charge in [-0.05, 0) is 25.8 Å². The van der Waals surface area contributed by atoms with Crippen LogP contribution < -0.4 is 0 Å². The van der Waals surface area contributed by atoms with Crippen molar-refractivity contribution in [2.24, 2.45) is 5.92 Å². The molecule has 0 aliphatic carbocycles. The van der Waals surface area contributed by atoms with E-state index in [1.165, 1.54) is 32.2 Å². The van der Waals surface area contributed by atoms with E-state index in [4.69, 9.17) is 0 Å². The first-order chi connectivity index (χ1) is 6.18. The fourth-order valence-corrected chi connectivity index (χ4v) is 2.45. The first-order valence-electron chi connectivity index (χ1n) is 5.94. The molecule has 1 heteroatoms. The van der Waals surface area contributed by atoms with Crippen molar-refractivity contribution in [1.29, 1.82) is 0 Å². The van der Waals surface area contributed by atoms with Gasteiger partial charge in [-0.3, -0.25) is 4.90 Å². The lowest BCUT2D eigenvalue weighted by atomic mass is 10.1. The van der Waals surface area contributed by atoms with E-state index in [1.807, 2.05) is 0 Å². The van der Waals surface area contributed by atoms with Crippen LogP contribution in [0.25, 0.3) is 0 Å². The molecule has 13 heavy (non-hydrogen) atoms. The maximum Gasteiger partial charge on any atom is 0.0275 e. The number of hydrogen-bond donors (Lipinski definition) is 0. The van der Waals surface area contributed by atoms with Crippen LogP contribution in [0.4, 0.5) is 0 Å². The maximum absolute atomic E-state index is 2.65. The van der Waals surface area contributed by atoms with Gasteiger partial charge in [-0.1, -0.05) is 40.0 Å². The highest BCUT2D eigenvalue weighted by molar-refractivity contribution is 5.00. The zero-order valence-electron chi connectivity index (χ0n) is 9.71. The van der Waals surface area contributed by atoms with E-state index in [0.717, 1.165) is 18.0 Å². The van der Waals surface area contributed by atoms with Crippen LogP contribution in [-0.4, -0.2) is 23.5 Å². The molecule has 1 aliphatic rings. The molecule has 0 saturated carbocycles. The number of nitrogens with zero attached hydrogens (tertiary/aromatic N) is 1. The molecule has 0 N–H and O–H groups in total. The third-order valence-corrected chi connectivity index (χ3v) is 3.26. The predicted octanol–water partition coefficient (Wildman–Crippen LogP) is 3.30. The van der Waals surface area contributed by atoms with Gasteiger partial charge in [0.1, 0.15) is 0 Å². The summed E-state index contributed by atoms with van der Waals surface area (Å²) < 4.78 is 0. The summed E-state index contributed by atoms with van der Waals surface area (Å²) in [5, 5.41) is 0. The fourth-order valence-electron chi connectivity index (χ4n) is 2.45. The molecule has 1 aliphatic heterocycles. The Hall–Kier alpha value is -0.0400. The average Bonchev–Trinajstić information content (AvgIpc) is 2.71. The number of hydrogen-bond acceptors (Lipinski definition) is 1. The standard InChI is InChI=1S/C12H25N/c1-5-6-7-8-9-13-11(4)12(13)10(2)3/h10-12H,5-9H2,1-4H3/t11-,12-,13?/m0/s1. The lowest BCUT2D eigenvalue weighted by Crippen LogP contribution is -2.08. The molecule has 1 unspecified atom stereocenters. The van der Waals surface area contributed by atoms with Crippen LogP contribution in [0.15, 0.2) is 0 Å². The van der Waals surface area contributed by atoms with Gasteiger partial charge in [0.25, 0.3) is 0 Å². The number of unbranched alkanes of at least 4 members (excludes halogenated alkanes) is 3. The van der Waals surface area contributed by atoms with Crippen LogP contribution in [0, 0.1) is 5.92 Å². The largest absolute Gasteiger partial charge is 0.294 e. The molecule has 1 fully saturated rings. The molecule has 0 amide bonds. The second-order valence-electron chi connectivity index (χ2n) is 4.77. The summed E-state index contributed by atoms with van der Waals surface area (Å²) in [6, 6.07) is 1.75. The van der Waals surface area contributed by atoms with Crippen molar-refractivity contribution in [3.8, 4) is 0 Å². The lowest BCUT2D eigenvalue weighted by molar-refractivity contribution is 0.419. The topological polar surface area (TPSA) is 3.01 Å². The summed E-state index contributed by atoms with van der Waals surface area (Å²) in [6.45, 7) is 10.7. The van der Waals surface area contributed by atoms with Gasteiger partial charge in [0.05, 0.1) is 0 Å². The molecule has 3 atom stereocenters. The van der Waals surface area contributed by atoms with E-state index >= 15 is 0 Å². The Morgan fingerprint density at radius 3 is 2.31 bits per heavy atom. The second kappa shape index (κ2) is 4.99. The van der Waals surface area contributed by atoms with Crippen molar-refractivity contribution < 1.29 is 0 Å². The average molecular weight is 183 g/mol. The Morgan fingerprint density at radius 2 is 1.85 bits per heavy atom. The molecule has 0 radical (unpaired) electrons. The fraction of sp³-hybridized carbons (Fsp3) is 1.00. The quantitative estimate of drug-likeness (QED) is 0.451. The molecule has 1 nitrogen and oxygen atoms in total. The second-order valence-corrected chi connectivity index (χ2v) is 4.77. The van der Waals surface area contributed by atoms with Gasteiger partial charge >= 0.3 is 0 Å². The van der Waals surface area contributed by atoms with Crippen LogP contribution in [-0.2, 0) is 0 Å². The Labute approximate surface area is 83.5 Å². The molecule has 78 valence electrons. The van der Waals surface area contributed by atoms with Crippen molar-refractivity contribution in [1.82, 2.24) is 4.90 Å². The molecule has 0 aromatic carbocycles. The third-order valence-electron chi connectivity index (χ3n) is 3.26. The SMILES string of the molecule is CCCCCCN1[C@@H](C)[C@@H]1C(C)C. The zero-order chi connectivity index (χ0) is 9.84. The normalized spacial score (nSPS) is 32.5. The monoisotopic (exact) mass is 183 g/mol. The highest BCUT2D eigenvalue weighted by Crippen LogP contribution is 2.33. The van der Waals surface area contributed by atoms with Crippen molar-refractivity contribution in [2.75, 3.05) is 6.54 Å². The summed E-state index contributed by atoms with van der Waals surface area (Å²) in [7, 11) is 0. The minimum atomic E-state index is 0.848. The Morgan fingerprint density at radius 1 is 1.15 bits per heavy atom. The van der Waals surface area contributed by atoms with Gasteiger partial charge in [0.2, 0.25) is 0 Å². The van der Waals surface area contributed by atoms with Gasteiger partial charge in [0.15, 0.2) is 0 Å². The Balaban J connectivity index is 2.04. The minimum absolute atomic E-state index is 0.848. The van der Waals surface area contributed by atoms with Crippen molar-refractivity contribution in [3.63, 3.8) is 0 Å². The molecule has 0 spiro atoms. The summed E-state index contributed by atoms with van der Waals surface area (Å²) in [5.74, 6) is 0.848. The van der Waals surface area contributed by atoms with Crippen LogP contribution in [0.3, 0.4) is 0 Å².